The van der Waals surface area contributed by atoms with Crippen LogP contribution in [-0.4, -0.2) is 68.5 Å². The van der Waals surface area contributed by atoms with E-state index in [4.69, 9.17) is 11.6 Å². The molecule has 10 heteroatoms. The maximum Gasteiger partial charge on any atom is 0.295 e. The van der Waals surface area contributed by atoms with Gasteiger partial charge in [0.2, 0.25) is 0 Å². The largest absolute Gasteiger partial charge is 0.358 e. The van der Waals surface area contributed by atoms with Gasteiger partial charge in [-0.15, -0.1) is 0 Å². The van der Waals surface area contributed by atoms with Gasteiger partial charge >= 0.3 is 0 Å². The fraction of sp³-hybridized carbons (Fsp3) is 0.211. The summed E-state index contributed by atoms with van der Waals surface area (Å²) in [5.41, 5.74) is 1.11. The summed E-state index contributed by atoms with van der Waals surface area (Å²) >= 11 is 9.49. The molecule has 29 heavy (non-hydrogen) atoms. The fourth-order valence-electron chi connectivity index (χ4n) is 3.28. The van der Waals surface area contributed by atoms with Gasteiger partial charge in [0.15, 0.2) is 0 Å². The topological polar surface area (TPSA) is 99.3 Å². The first kappa shape index (κ1) is 19.5. The lowest BCUT2D eigenvalue weighted by Gasteiger charge is -2.34. The maximum absolute atomic E-state index is 12.8. The quantitative estimate of drug-likeness (QED) is 0.356. The molecule has 3 aromatic rings. The average Bonchev–Trinajstić information content (AvgIpc) is 3.22. The third-order valence-corrected chi connectivity index (χ3v) is 5.68. The minimum atomic E-state index is -0.652. The van der Waals surface area contributed by atoms with E-state index in [2.05, 4.69) is 30.9 Å². The van der Waals surface area contributed by atoms with E-state index >= 15 is 0 Å². The first-order valence-electron chi connectivity index (χ1n) is 8.82. The van der Waals surface area contributed by atoms with Gasteiger partial charge in [0.1, 0.15) is 10.3 Å². The van der Waals surface area contributed by atoms with Gasteiger partial charge in [-0.1, -0.05) is 17.7 Å². The molecule has 148 valence electrons. The number of fused-ring (bicyclic) bond motifs is 1. The Morgan fingerprint density at radius 1 is 1.07 bits per heavy atom. The van der Waals surface area contributed by atoms with Gasteiger partial charge in [0.05, 0.1) is 16.1 Å². The number of aromatic amines is 1. The van der Waals surface area contributed by atoms with Gasteiger partial charge in [-0.05, 0) is 28.1 Å². The summed E-state index contributed by atoms with van der Waals surface area (Å²) in [7, 11) is 0. The second kappa shape index (κ2) is 7.92. The highest BCUT2D eigenvalue weighted by Gasteiger charge is 2.31. The van der Waals surface area contributed by atoms with Crippen molar-refractivity contribution >= 4 is 56.0 Å². The van der Waals surface area contributed by atoms with Crippen molar-refractivity contribution in [2.75, 3.05) is 26.2 Å². The number of piperazine rings is 1. The van der Waals surface area contributed by atoms with Crippen LogP contribution >= 0.6 is 27.5 Å². The van der Waals surface area contributed by atoms with Crippen LogP contribution in [0.2, 0.25) is 5.02 Å². The van der Waals surface area contributed by atoms with Gasteiger partial charge in [-0.2, -0.15) is 0 Å². The molecule has 2 amide bonds. The average molecular weight is 477 g/mol. The van der Waals surface area contributed by atoms with Gasteiger partial charge in [0.25, 0.3) is 17.6 Å². The molecule has 0 spiro atoms. The highest BCUT2D eigenvalue weighted by atomic mass is 79.9. The molecule has 0 saturated carbocycles. The molecule has 1 aliphatic heterocycles. The number of pyridine rings is 2. The Labute approximate surface area is 179 Å². The highest BCUT2D eigenvalue weighted by Crippen LogP contribution is 2.30. The van der Waals surface area contributed by atoms with Crippen molar-refractivity contribution in [1.29, 1.82) is 0 Å². The van der Waals surface area contributed by atoms with Crippen LogP contribution in [0.1, 0.15) is 20.8 Å². The molecule has 1 aliphatic rings. The molecular formula is C19H15BrClN5O3. The van der Waals surface area contributed by atoms with Crippen molar-refractivity contribution in [2.24, 2.45) is 0 Å². The predicted octanol–water partition coefficient (Wildman–Crippen LogP) is 2.54. The number of H-pyrrole nitrogens is 1. The number of carbonyl (C=O) groups excluding carboxylic acids is 3. The summed E-state index contributed by atoms with van der Waals surface area (Å²) in [5.74, 6) is -1.47. The van der Waals surface area contributed by atoms with Gasteiger partial charge in [0, 0.05) is 50.2 Å². The third-order valence-electron chi connectivity index (χ3n) is 4.79. The molecule has 1 fully saturated rings. The zero-order valence-corrected chi connectivity index (χ0v) is 17.4. The van der Waals surface area contributed by atoms with Crippen molar-refractivity contribution in [2.45, 2.75) is 0 Å². The van der Waals surface area contributed by atoms with E-state index in [1.165, 1.54) is 17.3 Å². The van der Waals surface area contributed by atoms with Crippen molar-refractivity contribution < 1.29 is 14.4 Å². The lowest BCUT2D eigenvalue weighted by Crippen LogP contribution is -2.52. The Balaban J connectivity index is 1.47. The second-order valence-electron chi connectivity index (χ2n) is 6.48. The smallest absolute Gasteiger partial charge is 0.295 e. The number of nitrogens with one attached hydrogen (secondary N) is 1. The van der Waals surface area contributed by atoms with Crippen molar-refractivity contribution in [3.63, 3.8) is 0 Å². The zero-order chi connectivity index (χ0) is 20.5. The second-order valence-corrected chi connectivity index (χ2v) is 7.64. The molecular weight excluding hydrogens is 462 g/mol. The summed E-state index contributed by atoms with van der Waals surface area (Å²) in [6.07, 6.45) is 4.45. The van der Waals surface area contributed by atoms with E-state index in [0.29, 0.717) is 34.3 Å². The molecule has 0 aromatic carbocycles. The number of hydrogen-bond acceptors (Lipinski definition) is 5. The van der Waals surface area contributed by atoms with E-state index in [-0.39, 0.29) is 29.6 Å². The van der Waals surface area contributed by atoms with E-state index < -0.39 is 11.7 Å². The zero-order valence-electron chi connectivity index (χ0n) is 15.1. The number of carbonyl (C=O) groups is 3. The molecule has 0 radical (unpaired) electrons. The Bertz CT molecular complexity index is 1110. The number of rotatable bonds is 3. The van der Waals surface area contributed by atoms with E-state index in [0.717, 1.165) is 0 Å². The molecule has 3 aromatic heterocycles. The van der Waals surface area contributed by atoms with Gasteiger partial charge in [-0.3, -0.25) is 19.4 Å². The number of amides is 2. The Morgan fingerprint density at radius 2 is 1.79 bits per heavy atom. The Morgan fingerprint density at radius 3 is 2.48 bits per heavy atom. The fourth-order valence-corrected chi connectivity index (χ4v) is 3.94. The van der Waals surface area contributed by atoms with E-state index in [9.17, 15) is 14.4 Å². The van der Waals surface area contributed by atoms with Crippen LogP contribution in [0.4, 0.5) is 0 Å². The first-order valence-corrected chi connectivity index (χ1v) is 9.99. The molecule has 1 N–H and O–H groups in total. The summed E-state index contributed by atoms with van der Waals surface area (Å²) in [4.78, 5) is 52.2. The van der Waals surface area contributed by atoms with E-state index in [1.807, 2.05) is 0 Å². The van der Waals surface area contributed by atoms with E-state index in [1.54, 1.807) is 29.3 Å². The standard InChI is InChI=1S/C19H15BrClN5O3/c20-17-15-14(12(21)10-24-17)11(9-23-15)16(27)19(29)26-7-5-25(6-8-26)18(28)13-3-1-2-4-22-13/h1-4,9-10,23H,5-8H2. The number of ketones is 1. The number of nitrogens with zero attached hydrogens (tertiary/aromatic N) is 4. The number of halogens is 2. The van der Waals surface area contributed by atoms with Crippen molar-refractivity contribution in [1.82, 2.24) is 24.8 Å². The Hall–Kier alpha value is -2.78. The molecule has 0 atom stereocenters. The maximum atomic E-state index is 12.8. The number of hydrogen-bond donors (Lipinski definition) is 1. The van der Waals surface area contributed by atoms with Crippen LogP contribution in [0.5, 0.6) is 0 Å². The molecule has 4 heterocycles. The Kier molecular flexibility index (Phi) is 5.33. The van der Waals surface area contributed by atoms with Crippen LogP contribution in [-0.2, 0) is 4.79 Å². The van der Waals surface area contributed by atoms with Crippen molar-refractivity contribution in [3.05, 3.63) is 57.7 Å². The molecule has 0 unspecified atom stereocenters. The summed E-state index contributed by atoms with van der Waals surface area (Å²) in [5, 5.41) is 0.738. The molecule has 1 saturated heterocycles. The first-order chi connectivity index (χ1) is 14.0. The molecule has 0 bridgehead atoms. The summed E-state index contributed by atoms with van der Waals surface area (Å²) in [6.45, 7) is 1.20. The van der Waals surface area contributed by atoms with Crippen LogP contribution in [0.25, 0.3) is 10.9 Å². The molecule has 4 rings (SSSR count). The van der Waals surface area contributed by atoms with Crippen LogP contribution in [0, 0.1) is 0 Å². The third kappa shape index (κ3) is 3.63. The summed E-state index contributed by atoms with van der Waals surface area (Å²) in [6, 6.07) is 5.14. The molecule has 8 nitrogen and oxygen atoms in total. The summed E-state index contributed by atoms with van der Waals surface area (Å²) < 4.78 is 0.505. The number of aromatic nitrogens is 3. The van der Waals surface area contributed by atoms with Gasteiger partial charge in [-0.25, -0.2) is 4.98 Å². The monoisotopic (exact) mass is 475 g/mol. The van der Waals surface area contributed by atoms with Crippen LogP contribution in [0.3, 0.4) is 0 Å². The van der Waals surface area contributed by atoms with Crippen LogP contribution in [0.15, 0.2) is 41.4 Å². The molecule has 0 aliphatic carbocycles. The minimum absolute atomic E-state index is 0.190. The SMILES string of the molecule is O=C(C(=O)N1CCN(C(=O)c2ccccn2)CC1)c1c[nH]c2c(Br)ncc(Cl)c12. The lowest BCUT2D eigenvalue weighted by atomic mass is 10.1. The van der Waals surface area contributed by atoms with Crippen molar-refractivity contribution in [3.8, 4) is 0 Å². The number of Topliss-reactive ketones (excluding diaryl/α,β-unsaturated/α-hetero) is 1. The lowest BCUT2D eigenvalue weighted by molar-refractivity contribution is -0.127. The van der Waals surface area contributed by atoms with Gasteiger partial charge < -0.3 is 14.8 Å². The minimum Gasteiger partial charge on any atom is -0.358 e. The normalized spacial score (nSPS) is 14.3. The van der Waals surface area contributed by atoms with Crippen LogP contribution < -0.4 is 0 Å². The highest BCUT2D eigenvalue weighted by molar-refractivity contribution is 9.10. The predicted molar refractivity (Wildman–Crippen MR) is 110 cm³/mol.